The van der Waals surface area contributed by atoms with Crippen molar-refractivity contribution in [3.63, 3.8) is 0 Å². The van der Waals surface area contributed by atoms with Crippen LogP contribution in [-0.4, -0.2) is 22.3 Å². The fourth-order valence-corrected chi connectivity index (χ4v) is 2.77. The zero-order valence-corrected chi connectivity index (χ0v) is 9.87. The highest BCUT2D eigenvalue weighted by molar-refractivity contribution is 9.10. The molecule has 0 aliphatic heterocycles. The van der Waals surface area contributed by atoms with Gasteiger partial charge in [0.05, 0.1) is 16.0 Å². The van der Waals surface area contributed by atoms with Gasteiger partial charge in [0.1, 0.15) is 5.82 Å². The van der Waals surface area contributed by atoms with E-state index in [-0.39, 0.29) is 17.3 Å². The van der Waals surface area contributed by atoms with Gasteiger partial charge < -0.3 is 10.2 Å². The predicted molar refractivity (Wildman–Crippen MR) is 58.7 cm³/mol. The van der Waals surface area contributed by atoms with E-state index in [1.165, 1.54) is 12.1 Å². The topological polar surface area (TPSA) is 57.5 Å². The third kappa shape index (κ3) is 1.55. The molecule has 0 unspecified atom stereocenters. The molecule has 0 heterocycles. The Labute approximate surface area is 100 Å². The van der Waals surface area contributed by atoms with Gasteiger partial charge in [-0.1, -0.05) is 12.1 Å². The molecule has 0 saturated heterocycles. The lowest BCUT2D eigenvalue weighted by Gasteiger charge is -2.42. The van der Waals surface area contributed by atoms with Gasteiger partial charge in [0.25, 0.3) is 0 Å². The third-order valence-corrected chi connectivity index (χ3v) is 3.85. The molecule has 0 radical (unpaired) electrons. The van der Waals surface area contributed by atoms with E-state index in [2.05, 4.69) is 15.9 Å². The molecule has 1 aliphatic carbocycles. The van der Waals surface area contributed by atoms with Gasteiger partial charge in [0.15, 0.2) is 0 Å². The van der Waals surface area contributed by atoms with Gasteiger partial charge in [-0.3, -0.25) is 4.79 Å². The van der Waals surface area contributed by atoms with Crippen molar-refractivity contribution >= 4 is 21.9 Å². The number of carbonyl (C=O) groups is 1. The van der Waals surface area contributed by atoms with E-state index in [1.807, 2.05) is 0 Å². The van der Waals surface area contributed by atoms with Crippen molar-refractivity contribution in [3.05, 3.63) is 34.1 Å². The van der Waals surface area contributed by atoms with E-state index in [1.54, 1.807) is 6.07 Å². The monoisotopic (exact) mass is 288 g/mol. The maximum atomic E-state index is 13.3. The highest BCUT2D eigenvalue weighted by Crippen LogP contribution is 2.47. The second-order valence-corrected chi connectivity index (χ2v) is 4.84. The van der Waals surface area contributed by atoms with Gasteiger partial charge >= 0.3 is 5.97 Å². The minimum Gasteiger partial charge on any atom is -0.481 e. The molecule has 0 spiro atoms. The number of carboxylic acids is 1. The maximum Gasteiger partial charge on any atom is 0.314 e. The van der Waals surface area contributed by atoms with Gasteiger partial charge in [-0.15, -0.1) is 0 Å². The summed E-state index contributed by atoms with van der Waals surface area (Å²) in [7, 11) is 0. The Morgan fingerprint density at radius 1 is 1.50 bits per heavy atom. The summed E-state index contributed by atoms with van der Waals surface area (Å²) in [5.41, 5.74) is -0.759. The normalized spacial score (nSPS) is 28.6. The Bertz CT molecular complexity index is 441. The molecule has 2 rings (SSSR count). The fourth-order valence-electron chi connectivity index (χ4n) is 2.13. The SMILES string of the molecule is O=C(O)C1(c2cccc(F)c2Br)CC(O)C1. The molecular weight excluding hydrogens is 279 g/mol. The second-order valence-electron chi connectivity index (χ2n) is 4.05. The molecule has 0 amide bonds. The Kier molecular flexibility index (Phi) is 2.75. The van der Waals surface area contributed by atoms with Crippen LogP contribution >= 0.6 is 15.9 Å². The molecule has 86 valence electrons. The van der Waals surface area contributed by atoms with Gasteiger partial charge in [-0.2, -0.15) is 0 Å². The highest BCUT2D eigenvalue weighted by Gasteiger charge is 2.52. The zero-order valence-electron chi connectivity index (χ0n) is 8.28. The lowest BCUT2D eigenvalue weighted by atomic mass is 9.63. The lowest BCUT2D eigenvalue weighted by molar-refractivity contribution is -0.153. The van der Waals surface area contributed by atoms with Crippen molar-refractivity contribution in [1.29, 1.82) is 0 Å². The van der Waals surface area contributed by atoms with E-state index in [0.717, 1.165) is 0 Å². The summed E-state index contributed by atoms with van der Waals surface area (Å²) >= 11 is 3.06. The summed E-state index contributed by atoms with van der Waals surface area (Å²) in [4.78, 5) is 11.3. The number of aliphatic hydroxyl groups is 1. The molecule has 0 atom stereocenters. The summed E-state index contributed by atoms with van der Waals surface area (Å²) < 4.78 is 13.5. The Balaban J connectivity index is 2.49. The van der Waals surface area contributed by atoms with E-state index in [4.69, 9.17) is 0 Å². The number of aliphatic carboxylic acids is 1. The summed E-state index contributed by atoms with van der Waals surface area (Å²) in [6.45, 7) is 0. The van der Waals surface area contributed by atoms with Crippen LogP contribution in [0.5, 0.6) is 0 Å². The van der Waals surface area contributed by atoms with E-state index in [0.29, 0.717) is 5.56 Å². The number of rotatable bonds is 2. The smallest absolute Gasteiger partial charge is 0.314 e. The van der Waals surface area contributed by atoms with Crippen molar-refractivity contribution in [2.24, 2.45) is 0 Å². The fraction of sp³-hybridized carbons (Fsp3) is 0.364. The molecule has 16 heavy (non-hydrogen) atoms. The molecule has 1 fully saturated rings. The lowest BCUT2D eigenvalue weighted by Crippen LogP contribution is -2.50. The number of hydrogen-bond donors (Lipinski definition) is 2. The summed E-state index contributed by atoms with van der Waals surface area (Å²) in [5, 5.41) is 18.5. The first-order valence-corrected chi connectivity index (χ1v) is 5.62. The molecule has 1 aromatic rings. The predicted octanol–water partition coefficient (Wildman–Crippen LogP) is 2.07. The molecule has 1 aromatic carbocycles. The van der Waals surface area contributed by atoms with E-state index < -0.39 is 23.3 Å². The van der Waals surface area contributed by atoms with Crippen LogP contribution in [0.2, 0.25) is 0 Å². The molecule has 3 nitrogen and oxygen atoms in total. The Morgan fingerprint density at radius 2 is 2.12 bits per heavy atom. The molecule has 1 aliphatic rings. The van der Waals surface area contributed by atoms with E-state index >= 15 is 0 Å². The number of halogens is 2. The average Bonchev–Trinajstić information content (AvgIpc) is 2.17. The third-order valence-electron chi connectivity index (χ3n) is 3.04. The Morgan fingerprint density at radius 3 is 2.62 bits per heavy atom. The first-order valence-electron chi connectivity index (χ1n) is 4.83. The van der Waals surface area contributed by atoms with Crippen molar-refractivity contribution in [2.45, 2.75) is 24.4 Å². The minimum absolute atomic E-state index is 0.129. The van der Waals surface area contributed by atoms with Crippen LogP contribution in [0.4, 0.5) is 4.39 Å². The summed E-state index contributed by atoms with van der Waals surface area (Å²) in [5.74, 6) is -1.51. The van der Waals surface area contributed by atoms with Crippen molar-refractivity contribution in [1.82, 2.24) is 0 Å². The maximum absolute atomic E-state index is 13.3. The van der Waals surface area contributed by atoms with Gasteiger partial charge in [0, 0.05) is 0 Å². The first kappa shape index (κ1) is 11.5. The molecule has 0 aromatic heterocycles. The van der Waals surface area contributed by atoms with Gasteiger partial charge in [-0.05, 0) is 40.4 Å². The van der Waals surface area contributed by atoms with Crippen LogP contribution in [0.3, 0.4) is 0 Å². The molecule has 2 N–H and O–H groups in total. The summed E-state index contributed by atoms with van der Waals surface area (Å²) in [6, 6.07) is 4.32. The highest BCUT2D eigenvalue weighted by atomic mass is 79.9. The van der Waals surface area contributed by atoms with Crippen LogP contribution in [0, 0.1) is 5.82 Å². The minimum atomic E-state index is -1.15. The van der Waals surface area contributed by atoms with Crippen molar-refractivity contribution in [2.75, 3.05) is 0 Å². The summed E-state index contributed by atoms with van der Waals surface area (Å²) in [6.07, 6.45) is -0.360. The molecule has 5 heteroatoms. The van der Waals surface area contributed by atoms with Crippen molar-refractivity contribution < 1.29 is 19.4 Å². The Hall–Kier alpha value is -0.940. The molecular formula is C11H10BrFO3. The van der Waals surface area contributed by atoms with Gasteiger partial charge in [-0.25, -0.2) is 4.39 Å². The van der Waals surface area contributed by atoms with Crippen LogP contribution in [0.1, 0.15) is 18.4 Å². The quantitative estimate of drug-likeness (QED) is 0.876. The second kappa shape index (κ2) is 3.82. The average molecular weight is 289 g/mol. The number of aliphatic hydroxyl groups excluding tert-OH is 1. The number of carboxylic acid groups (broad SMARTS) is 1. The molecule has 1 saturated carbocycles. The first-order chi connectivity index (χ1) is 7.47. The standard InChI is InChI=1S/C11H10BrFO3/c12-9-7(2-1-3-8(9)13)11(10(15)16)4-6(14)5-11/h1-3,6,14H,4-5H2,(H,15,16). The van der Waals surface area contributed by atoms with Crippen LogP contribution in [0.25, 0.3) is 0 Å². The van der Waals surface area contributed by atoms with Crippen LogP contribution in [0.15, 0.2) is 22.7 Å². The van der Waals surface area contributed by atoms with Crippen molar-refractivity contribution in [3.8, 4) is 0 Å². The number of hydrogen-bond acceptors (Lipinski definition) is 2. The van der Waals surface area contributed by atoms with E-state index in [9.17, 15) is 19.4 Å². The number of benzene rings is 1. The zero-order chi connectivity index (χ0) is 11.9. The van der Waals surface area contributed by atoms with Crippen LogP contribution in [-0.2, 0) is 10.2 Å². The largest absolute Gasteiger partial charge is 0.481 e. The molecule has 0 bridgehead atoms. The van der Waals surface area contributed by atoms with Gasteiger partial charge in [0.2, 0.25) is 0 Å². The van der Waals surface area contributed by atoms with Crippen LogP contribution < -0.4 is 0 Å².